The van der Waals surface area contributed by atoms with Crippen molar-refractivity contribution in [3.8, 4) is 0 Å². The highest BCUT2D eigenvalue weighted by molar-refractivity contribution is 5.04. The minimum absolute atomic E-state index is 0.0400. The Labute approximate surface area is 121 Å². The van der Waals surface area contributed by atoms with Crippen molar-refractivity contribution in [1.29, 1.82) is 0 Å². The Kier molecular flexibility index (Phi) is 4.02. The van der Waals surface area contributed by atoms with Gasteiger partial charge in [-0.15, -0.1) is 10.1 Å². The molecule has 20 heavy (non-hydrogen) atoms. The van der Waals surface area contributed by atoms with Crippen molar-refractivity contribution in [1.82, 2.24) is 0 Å². The minimum Gasteiger partial charge on any atom is -0.330 e. The number of rotatable bonds is 5. The van der Waals surface area contributed by atoms with E-state index in [4.69, 9.17) is 10.6 Å². The molecule has 0 aromatic carbocycles. The Morgan fingerprint density at radius 1 is 1.30 bits per heavy atom. The quantitative estimate of drug-likeness (QED) is 0.621. The van der Waals surface area contributed by atoms with Gasteiger partial charge < -0.3 is 10.6 Å². The summed E-state index contributed by atoms with van der Waals surface area (Å²) in [4.78, 5) is 15.4. The Morgan fingerprint density at radius 2 is 2.00 bits per heavy atom. The molecule has 0 spiro atoms. The first-order valence-corrected chi connectivity index (χ1v) is 7.67. The van der Waals surface area contributed by atoms with Crippen molar-refractivity contribution in [3.05, 3.63) is 10.1 Å². The maximum atomic E-state index is 10.6. The van der Waals surface area contributed by atoms with Crippen LogP contribution in [0.2, 0.25) is 0 Å². The van der Waals surface area contributed by atoms with Gasteiger partial charge >= 0.3 is 0 Å². The molecular formula is C15H28N2O3. The van der Waals surface area contributed by atoms with E-state index in [-0.39, 0.29) is 22.9 Å². The maximum absolute atomic E-state index is 10.6. The third kappa shape index (κ3) is 3.25. The molecule has 116 valence electrons. The molecule has 0 aromatic heterocycles. The van der Waals surface area contributed by atoms with E-state index in [1.54, 1.807) is 0 Å². The van der Waals surface area contributed by atoms with E-state index in [0.717, 1.165) is 25.7 Å². The number of nitrogens with two attached hydrogens (primary N) is 1. The van der Waals surface area contributed by atoms with Gasteiger partial charge in [0.25, 0.3) is 5.09 Å². The summed E-state index contributed by atoms with van der Waals surface area (Å²) in [5.74, 6) is 0.617. The first-order valence-electron chi connectivity index (χ1n) is 7.67. The molecule has 4 unspecified atom stereocenters. The molecular weight excluding hydrogens is 256 g/mol. The lowest BCUT2D eigenvalue weighted by molar-refractivity contribution is -0.761. The predicted molar refractivity (Wildman–Crippen MR) is 77.5 cm³/mol. The molecule has 2 N–H and O–H groups in total. The molecule has 0 heterocycles. The van der Waals surface area contributed by atoms with Crippen LogP contribution in [0.4, 0.5) is 0 Å². The summed E-state index contributed by atoms with van der Waals surface area (Å²) in [6.45, 7) is 7.85. The van der Waals surface area contributed by atoms with E-state index in [2.05, 4.69) is 20.8 Å². The van der Waals surface area contributed by atoms with E-state index >= 15 is 0 Å². The first-order chi connectivity index (χ1) is 9.20. The molecule has 2 fully saturated rings. The van der Waals surface area contributed by atoms with Crippen LogP contribution in [0.15, 0.2) is 0 Å². The van der Waals surface area contributed by atoms with Crippen LogP contribution in [0, 0.1) is 32.3 Å². The highest BCUT2D eigenvalue weighted by Gasteiger charge is 2.54. The van der Waals surface area contributed by atoms with E-state index in [9.17, 15) is 10.1 Å². The van der Waals surface area contributed by atoms with Crippen LogP contribution < -0.4 is 5.73 Å². The molecule has 5 heteroatoms. The lowest BCUT2D eigenvalue weighted by Crippen LogP contribution is -2.51. The van der Waals surface area contributed by atoms with Crippen LogP contribution in [-0.4, -0.2) is 18.2 Å². The van der Waals surface area contributed by atoms with Crippen molar-refractivity contribution in [3.63, 3.8) is 0 Å². The highest BCUT2D eigenvalue weighted by Crippen LogP contribution is 2.63. The average Bonchev–Trinajstić information content (AvgIpc) is 2.22. The van der Waals surface area contributed by atoms with Gasteiger partial charge in [0.1, 0.15) is 6.61 Å². The van der Waals surface area contributed by atoms with Gasteiger partial charge in [0, 0.05) is 0 Å². The van der Waals surface area contributed by atoms with Gasteiger partial charge in [-0.3, -0.25) is 0 Å². The summed E-state index contributed by atoms with van der Waals surface area (Å²) in [5.41, 5.74) is 6.23. The van der Waals surface area contributed by atoms with Crippen LogP contribution in [0.3, 0.4) is 0 Å². The van der Waals surface area contributed by atoms with Gasteiger partial charge in [-0.1, -0.05) is 20.8 Å². The maximum Gasteiger partial charge on any atom is 0.294 e. The van der Waals surface area contributed by atoms with E-state index in [0.29, 0.717) is 12.5 Å². The number of nitrogens with zero attached hydrogens (tertiary/aromatic N) is 1. The van der Waals surface area contributed by atoms with Crippen molar-refractivity contribution in [2.24, 2.45) is 27.9 Å². The number of hydrogen-bond donors (Lipinski definition) is 1. The fourth-order valence-corrected chi connectivity index (χ4v) is 5.85. The summed E-state index contributed by atoms with van der Waals surface area (Å²) in [6, 6.07) is 0. The molecule has 4 atom stereocenters. The molecule has 0 saturated heterocycles. The second kappa shape index (κ2) is 5.17. The summed E-state index contributed by atoms with van der Waals surface area (Å²) in [6.07, 6.45) is 6.49. The molecule has 0 aromatic rings. The molecule has 5 nitrogen and oxygen atoms in total. The fraction of sp³-hybridized carbons (Fsp3) is 1.00. The van der Waals surface area contributed by atoms with E-state index in [1.165, 1.54) is 12.8 Å². The van der Waals surface area contributed by atoms with Crippen LogP contribution in [0.5, 0.6) is 0 Å². The highest BCUT2D eigenvalue weighted by atomic mass is 16.9. The Hall–Kier alpha value is -0.840. The van der Waals surface area contributed by atoms with E-state index < -0.39 is 5.09 Å². The standard InChI is InChI=1S/C15H28N2O3/c1-12-6-14(3)8-13(2,4-5-16)9-15(7-12,10-14)11-20-17(18)19/h12H,4-11,16H2,1-3H3. The van der Waals surface area contributed by atoms with E-state index in [1.807, 2.05) is 0 Å². The van der Waals surface area contributed by atoms with Gasteiger partial charge in [0.15, 0.2) is 0 Å². The smallest absolute Gasteiger partial charge is 0.294 e. The second-order valence-corrected chi connectivity index (χ2v) is 8.20. The predicted octanol–water partition coefficient (Wildman–Crippen LogP) is 3.16. The van der Waals surface area contributed by atoms with Gasteiger partial charge in [0.05, 0.1) is 0 Å². The molecule has 0 aliphatic heterocycles. The zero-order chi connectivity index (χ0) is 15.0. The van der Waals surface area contributed by atoms with Crippen molar-refractivity contribution < 1.29 is 9.92 Å². The molecule has 2 rings (SSSR count). The Morgan fingerprint density at radius 3 is 2.60 bits per heavy atom. The topological polar surface area (TPSA) is 78.4 Å². The molecule has 2 aliphatic rings. The summed E-state index contributed by atoms with van der Waals surface area (Å²) >= 11 is 0. The van der Waals surface area contributed by atoms with Crippen LogP contribution in [0.25, 0.3) is 0 Å². The zero-order valence-corrected chi connectivity index (χ0v) is 13.0. The second-order valence-electron chi connectivity index (χ2n) is 8.20. The third-order valence-electron chi connectivity index (χ3n) is 5.30. The number of fused-ring (bicyclic) bond motifs is 2. The number of hydrogen-bond acceptors (Lipinski definition) is 4. The van der Waals surface area contributed by atoms with Gasteiger partial charge in [-0.2, -0.15) is 0 Å². The molecule has 0 amide bonds. The van der Waals surface area contributed by atoms with Crippen molar-refractivity contribution in [2.45, 2.75) is 59.3 Å². The molecule has 2 bridgehead atoms. The van der Waals surface area contributed by atoms with Gasteiger partial charge in [-0.05, 0) is 67.2 Å². The normalized spacial score (nSPS) is 44.1. The van der Waals surface area contributed by atoms with Gasteiger partial charge in [-0.25, -0.2) is 0 Å². The Balaban J connectivity index is 2.23. The van der Waals surface area contributed by atoms with Crippen molar-refractivity contribution >= 4 is 0 Å². The fourth-order valence-electron chi connectivity index (χ4n) is 5.85. The average molecular weight is 284 g/mol. The van der Waals surface area contributed by atoms with Crippen molar-refractivity contribution in [2.75, 3.05) is 13.2 Å². The van der Waals surface area contributed by atoms with Gasteiger partial charge in [0.2, 0.25) is 0 Å². The van der Waals surface area contributed by atoms with Crippen LogP contribution >= 0.6 is 0 Å². The lowest BCUT2D eigenvalue weighted by atomic mass is 9.47. The zero-order valence-electron chi connectivity index (χ0n) is 13.0. The van der Waals surface area contributed by atoms with Crippen LogP contribution in [0.1, 0.15) is 59.3 Å². The summed E-state index contributed by atoms with van der Waals surface area (Å²) in [7, 11) is 0. The molecule has 2 saturated carbocycles. The first kappa shape index (κ1) is 15.5. The lowest BCUT2D eigenvalue weighted by Gasteiger charge is -2.59. The molecule has 2 aliphatic carbocycles. The summed E-state index contributed by atoms with van der Waals surface area (Å²) < 4.78 is 0. The Bertz CT molecular complexity index is 387. The molecule has 0 radical (unpaired) electrons. The largest absolute Gasteiger partial charge is 0.330 e. The SMILES string of the molecule is CC1CC2(C)CC(C)(CCN)CC(CO[N+](=O)[O-])(C1)C2. The summed E-state index contributed by atoms with van der Waals surface area (Å²) in [5, 5.41) is 9.97. The van der Waals surface area contributed by atoms with Crippen LogP contribution in [-0.2, 0) is 4.84 Å². The third-order valence-corrected chi connectivity index (χ3v) is 5.30. The monoisotopic (exact) mass is 284 g/mol. The minimum atomic E-state index is -0.639.